The van der Waals surface area contributed by atoms with Crippen LogP contribution >= 0.6 is 0 Å². The maximum Gasteiger partial charge on any atom is 0.0464 e. The first-order valence-corrected chi connectivity index (χ1v) is 16.9. The second kappa shape index (κ2) is 11.4. The van der Waals surface area contributed by atoms with Gasteiger partial charge in [-0.3, -0.25) is 0 Å². The van der Waals surface area contributed by atoms with Gasteiger partial charge in [0.1, 0.15) is 0 Å². The molecular formula is C46H36N2. The lowest BCUT2D eigenvalue weighted by Gasteiger charge is -2.26. The van der Waals surface area contributed by atoms with E-state index in [4.69, 9.17) is 0 Å². The maximum absolute atomic E-state index is 2.47. The number of hydrogen-bond acceptors (Lipinski definition) is 2. The van der Waals surface area contributed by atoms with Gasteiger partial charge in [-0.05, 0) is 156 Å². The van der Waals surface area contributed by atoms with Crippen LogP contribution < -0.4 is 9.80 Å². The lowest BCUT2D eigenvalue weighted by molar-refractivity contribution is 1.22. The zero-order chi connectivity index (χ0) is 32.2. The summed E-state index contributed by atoms with van der Waals surface area (Å²) in [7, 11) is 0. The summed E-state index contributed by atoms with van der Waals surface area (Å²) >= 11 is 0. The molecule has 2 heteroatoms. The summed E-state index contributed by atoms with van der Waals surface area (Å²) in [5, 5.41) is 0. The van der Waals surface area contributed by atoms with Gasteiger partial charge in [-0.25, -0.2) is 0 Å². The number of rotatable bonds is 6. The summed E-state index contributed by atoms with van der Waals surface area (Å²) in [6, 6.07) is 58.0. The number of aryl methyl sites for hydroxylation is 2. The SMILES string of the molecule is Cc1ccc(N(c2ccccc2)c2ccc3c(c2)Cc2cc4c(cc2-3)Cc2cc(N(c3ccccc3)c3ccc(C)cc3)ccc2-4)cc1. The molecule has 0 N–H and O–H groups in total. The minimum absolute atomic E-state index is 0.949. The molecule has 9 rings (SSSR count). The van der Waals surface area contributed by atoms with Crippen molar-refractivity contribution in [1.29, 1.82) is 0 Å². The monoisotopic (exact) mass is 616 g/mol. The Morgan fingerprint density at radius 2 is 0.646 bits per heavy atom. The average molecular weight is 617 g/mol. The summed E-state index contributed by atoms with van der Waals surface area (Å²) < 4.78 is 0. The van der Waals surface area contributed by atoms with Crippen LogP contribution in [0.2, 0.25) is 0 Å². The highest BCUT2D eigenvalue weighted by Crippen LogP contribution is 2.48. The Balaban J connectivity index is 1.05. The van der Waals surface area contributed by atoms with Gasteiger partial charge >= 0.3 is 0 Å². The van der Waals surface area contributed by atoms with Crippen LogP contribution in [0.5, 0.6) is 0 Å². The van der Waals surface area contributed by atoms with Crippen molar-refractivity contribution in [3.8, 4) is 22.3 Å². The fraction of sp³-hybridized carbons (Fsp3) is 0.0870. The molecule has 2 aliphatic rings. The Morgan fingerprint density at radius 3 is 1.04 bits per heavy atom. The van der Waals surface area contributed by atoms with E-state index in [0.29, 0.717) is 0 Å². The molecule has 0 aromatic heterocycles. The second-order valence-corrected chi connectivity index (χ2v) is 13.2. The van der Waals surface area contributed by atoms with Crippen molar-refractivity contribution < 1.29 is 0 Å². The highest BCUT2D eigenvalue weighted by molar-refractivity contribution is 5.89. The predicted molar refractivity (Wildman–Crippen MR) is 202 cm³/mol. The van der Waals surface area contributed by atoms with Gasteiger partial charge in [0.05, 0.1) is 0 Å². The standard InChI is InChI=1S/C46H36N2/c1-31-13-17-39(18-14-31)47(37-9-5-3-6-10-37)41-21-23-43-33(27-41)25-35-29-46-36(30-45(35)43)26-34-28-42(22-24-44(34)46)48(38-11-7-4-8-12-38)40-19-15-32(2)16-20-40/h3-24,27-30H,25-26H2,1-2H3. The van der Waals surface area contributed by atoms with Crippen LogP contribution in [0.3, 0.4) is 0 Å². The molecule has 0 bridgehead atoms. The molecule has 230 valence electrons. The van der Waals surface area contributed by atoms with Crippen LogP contribution in [-0.4, -0.2) is 0 Å². The van der Waals surface area contributed by atoms with E-state index in [1.807, 2.05) is 0 Å². The number of nitrogens with zero attached hydrogens (tertiary/aromatic N) is 2. The van der Waals surface area contributed by atoms with Crippen LogP contribution in [0.4, 0.5) is 34.1 Å². The molecule has 7 aromatic rings. The van der Waals surface area contributed by atoms with E-state index in [1.165, 1.54) is 89.8 Å². The van der Waals surface area contributed by atoms with Crippen molar-refractivity contribution in [2.45, 2.75) is 26.7 Å². The molecule has 0 amide bonds. The molecule has 2 aliphatic carbocycles. The number of para-hydroxylation sites is 2. The van der Waals surface area contributed by atoms with E-state index in [-0.39, 0.29) is 0 Å². The van der Waals surface area contributed by atoms with Crippen LogP contribution in [0.15, 0.2) is 158 Å². The van der Waals surface area contributed by atoms with E-state index in [1.54, 1.807) is 0 Å². The normalized spacial score (nSPS) is 12.2. The van der Waals surface area contributed by atoms with Crippen molar-refractivity contribution >= 4 is 34.1 Å². The third-order valence-corrected chi connectivity index (χ3v) is 9.98. The third-order valence-electron chi connectivity index (χ3n) is 9.98. The Morgan fingerprint density at radius 1 is 0.312 bits per heavy atom. The Bertz CT molecular complexity index is 2120. The second-order valence-electron chi connectivity index (χ2n) is 13.2. The Hall–Kier alpha value is -5.86. The summed E-state index contributed by atoms with van der Waals surface area (Å²) in [5.41, 5.74) is 20.7. The van der Waals surface area contributed by atoms with Crippen LogP contribution in [0.1, 0.15) is 33.4 Å². The van der Waals surface area contributed by atoms with Gasteiger partial charge in [0.2, 0.25) is 0 Å². The smallest absolute Gasteiger partial charge is 0.0464 e. The zero-order valence-corrected chi connectivity index (χ0v) is 27.3. The predicted octanol–water partition coefficient (Wildman–Crippen LogP) is 12.4. The summed E-state index contributed by atoms with van der Waals surface area (Å²) in [6.07, 6.45) is 1.90. The van der Waals surface area contributed by atoms with Gasteiger partial charge < -0.3 is 9.80 Å². The highest BCUT2D eigenvalue weighted by Gasteiger charge is 2.27. The molecule has 0 saturated heterocycles. The molecular weight excluding hydrogens is 581 g/mol. The molecule has 0 unspecified atom stereocenters. The van der Waals surface area contributed by atoms with Gasteiger partial charge in [0, 0.05) is 34.1 Å². The van der Waals surface area contributed by atoms with Gasteiger partial charge in [-0.15, -0.1) is 0 Å². The molecule has 0 saturated carbocycles. The Labute approximate surface area is 283 Å². The molecule has 7 aromatic carbocycles. The molecule has 2 nitrogen and oxygen atoms in total. The number of hydrogen-bond donors (Lipinski definition) is 0. The molecule has 0 heterocycles. The van der Waals surface area contributed by atoms with Crippen molar-refractivity contribution in [1.82, 2.24) is 0 Å². The van der Waals surface area contributed by atoms with Gasteiger partial charge in [0.15, 0.2) is 0 Å². The molecule has 0 aliphatic heterocycles. The topological polar surface area (TPSA) is 6.48 Å². The maximum atomic E-state index is 2.47. The average Bonchev–Trinajstić information content (AvgIpc) is 3.66. The van der Waals surface area contributed by atoms with Crippen LogP contribution in [0.25, 0.3) is 22.3 Å². The van der Waals surface area contributed by atoms with E-state index in [0.717, 1.165) is 12.8 Å². The minimum atomic E-state index is 0.949. The molecule has 0 radical (unpaired) electrons. The van der Waals surface area contributed by atoms with Gasteiger partial charge in [-0.1, -0.05) is 83.9 Å². The number of fused-ring (bicyclic) bond motifs is 6. The summed E-state index contributed by atoms with van der Waals surface area (Å²) in [4.78, 5) is 4.73. The van der Waals surface area contributed by atoms with Crippen molar-refractivity contribution in [3.05, 3.63) is 191 Å². The Kier molecular flexibility index (Phi) is 6.76. The van der Waals surface area contributed by atoms with E-state index in [2.05, 4.69) is 181 Å². The van der Waals surface area contributed by atoms with Gasteiger partial charge in [-0.2, -0.15) is 0 Å². The van der Waals surface area contributed by atoms with E-state index < -0.39 is 0 Å². The largest absolute Gasteiger partial charge is 0.310 e. The van der Waals surface area contributed by atoms with Crippen LogP contribution in [-0.2, 0) is 12.8 Å². The first-order chi connectivity index (χ1) is 23.6. The highest BCUT2D eigenvalue weighted by atomic mass is 15.1. The van der Waals surface area contributed by atoms with Crippen molar-refractivity contribution in [2.75, 3.05) is 9.80 Å². The van der Waals surface area contributed by atoms with Crippen LogP contribution in [0, 0.1) is 13.8 Å². The van der Waals surface area contributed by atoms with Gasteiger partial charge in [0.25, 0.3) is 0 Å². The first-order valence-electron chi connectivity index (χ1n) is 16.9. The fourth-order valence-electron chi connectivity index (χ4n) is 7.59. The fourth-order valence-corrected chi connectivity index (χ4v) is 7.59. The molecule has 0 fully saturated rings. The lowest BCUT2D eigenvalue weighted by Crippen LogP contribution is -2.10. The van der Waals surface area contributed by atoms with E-state index in [9.17, 15) is 0 Å². The quantitative estimate of drug-likeness (QED) is 0.183. The van der Waals surface area contributed by atoms with E-state index >= 15 is 0 Å². The van der Waals surface area contributed by atoms with Crippen molar-refractivity contribution in [2.24, 2.45) is 0 Å². The summed E-state index contributed by atoms with van der Waals surface area (Å²) in [5.74, 6) is 0. The first kappa shape index (κ1) is 28.4. The molecule has 0 atom stereocenters. The van der Waals surface area contributed by atoms with Crippen molar-refractivity contribution in [3.63, 3.8) is 0 Å². The molecule has 48 heavy (non-hydrogen) atoms. The third kappa shape index (κ3) is 4.89. The number of anilines is 6. The summed E-state index contributed by atoms with van der Waals surface area (Å²) in [6.45, 7) is 4.28. The number of benzene rings is 7. The molecule has 0 spiro atoms. The lowest BCUT2D eigenvalue weighted by atomic mass is 9.98. The minimum Gasteiger partial charge on any atom is -0.310 e. The zero-order valence-electron chi connectivity index (χ0n) is 27.3.